The van der Waals surface area contributed by atoms with Crippen LogP contribution in [0.5, 0.6) is 5.75 Å². The maximum absolute atomic E-state index is 13.7. The Labute approximate surface area is 199 Å². The molecule has 0 amide bonds. The topological polar surface area (TPSA) is 90.4 Å². The van der Waals surface area contributed by atoms with E-state index >= 15 is 0 Å². The molecule has 0 aromatic heterocycles. The molecular weight excluding hydrogens is 469 g/mol. The van der Waals surface area contributed by atoms with Crippen molar-refractivity contribution in [2.45, 2.75) is 54.5 Å². The molecule has 184 valence electrons. The number of benzene rings is 1. The molecule has 0 radical (unpaired) electrons. The zero-order valence-corrected chi connectivity index (χ0v) is 21.1. The second-order valence-electron chi connectivity index (χ2n) is 8.53. The minimum absolute atomic E-state index is 0.0930. The number of aliphatic carboxylic acids is 1. The molecule has 1 aromatic rings. The Morgan fingerprint density at radius 2 is 2.06 bits per heavy atom. The maximum atomic E-state index is 13.7. The fourth-order valence-electron chi connectivity index (χ4n) is 4.40. The van der Waals surface area contributed by atoms with Crippen LogP contribution in [0.2, 0.25) is 0 Å². The van der Waals surface area contributed by atoms with Crippen molar-refractivity contribution in [1.82, 2.24) is 9.21 Å². The number of hydrogen-bond acceptors (Lipinski definition) is 7. The molecule has 0 bridgehead atoms. The van der Waals surface area contributed by atoms with E-state index in [-0.39, 0.29) is 22.7 Å². The predicted molar refractivity (Wildman–Crippen MR) is 127 cm³/mol. The lowest BCUT2D eigenvalue weighted by molar-refractivity contribution is -0.134. The third kappa shape index (κ3) is 5.47. The summed E-state index contributed by atoms with van der Waals surface area (Å²) in [5.74, 6) is -3.12. The van der Waals surface area contributed by atoms with E-state index in [9.17, 15) is 17.6 Å². The summed E-state index contributed by atoms with van der Waals surface area (Å²) in [6.45, 7) is 4.45. The monoisotopic (exact) mass is 501 g/mol. The number of unbranched alkanes of at least 4 members (excludes halogenated alkanes) is 1. The minimum atomic E-state index is -3.86. The van der Waals surface area contributed by atoms with Gasteiger partial charge < -0.3 is 19.6 Å². The van der Waals surface area contributed by atoms with Crippen LogP contribution in [-0.2, 0) is 14.8 Å². The molecule has 11 heteroatoms. The number of likely N-dealkylation sites (tertiary alicyclic amines) is 1. The van der Waals surface area contributed by atoms with Crippen molar-refractivity contribution in [3.63, 3.8) is 0 Å². The fraction of sp³-hybridized carbons (Fsp3) is 0.591. The zero-order chi connectivity index (χ0) is 24.3. The highest BCUT2D eigenvalue weighted by atomic mass is 32.2. The molecule has 0 saturated carbocycles. The first-order valence-electron chi connectivity index (χ1n) is 11.0. The van der Waals surface area contributed by atoms with Crippen LogP contribution in [0.1, 0.15) is 32.6 Å². The fourth-order valence-corrected chi connectivity index (χ4v) is 6.50. The summed E-state index contributed by atoms with van der Waals surface area (Å²) in [6, 6.07) is 3.16. The number of rotatable bonds is 8. The third-order valence-electron chi connectivity index (χ3n) is 6.33. The summed E-state index contributed by atoms with van der Waals surface area (Å²) in [5, 5.41) is 8.77. The summed E-state index contributed by atoms with van der Waals surface area (Å²) in [5.41, 5.74) is 0.612. The van der Waals surface area contributed by atoms with Crippen LogP contribution < -0.4 is 9.64 Å². The van der Waals surface area contributed by atoms with E-state index in [0.29, 0.717) is 23.4 Å². The van der Waals surface area contributed by atoms with Crippen LogP contribution >= 0.6 is 11.8 Å². The number of halogens is 1. The molecule has 8 nitrogen and oxygen atoms in total. The number of fused-ring (bicyclic) bond motifs is 1. The molecule has 33 heavy (non-hydrogen) atoms. The molecule has 0 unspecified atom stereocenters. The van der Waals surface area contributed by atoms with Crippen LogP contribution in [0.25, 0.3) is 0 Å². The van der Waals surface area contributed by atoms with Gasteiger partial charge in [-0.3, -0.25) is 0 Å². The quantitative estimate of drug-likeness (QED) is 0.329. The van der Waals surface area contributed by atoms with Gasteiger partial charge in [0.1, 0.15) is 16.9 Å². The van der Waals surface area contributed by atoms with E-state index in [4.69, 9.17) is 9.84 Å². The van der Waals surface area contributed by atoms with Crippen LogP contribution in [0.15, 0.2) is 34.0 Å². The number of hydrogen-bond donors (Lipinski definition) is 1. The molecule has 1 N–H and O–H groups in total. The van der Waals surface area contributed by atoms with Gasteiger partial charge >= 0.3 is 5.97 Å². The number of carboxylic acids is 1. The second-order valence-corrected chi connectivity index (χ2v) is 11.3. The van der Waals surface area contributed by atoms with E-state index in [1.54, 1.807) is 19.4 Å². The number of ether oxygens (including phenoxy) is 1. The van der Waals surface area contributed by atoms with Gasteiger partial charge in [-0.15, -0.1) is 11.8 Å². The number of thioether (sulfide) groups is 1. The average molecular weight is 502 g/mol. The summed E-state index contributed by atoms with van der Waals surface area (Å²) < 4.78 is 47.6. The molecule has 2 aliphatic heterocycles. The first-order chi connectivity index (χ1) is 15.6. The molecule has 0 spiro atoms. The second kappa shape index (κ2) is 10.6. The molecule has 3 rings (SSSR count). The lowest BCUT2D eigenvalue weighted by Crippen LogP contribution is -2.46. The smallest absolute Gasteiger partial charge is 0.368 e. The summed E-state index contributed by atoms with van der Waals surface area (Å²) in [4.78, 5) is 15.9. The Bertz CT molecular complexity index is 1020. The molecule has 2 aliphatic rings. The Morgan fingerprint density at radius 3 is 2.64 bits per heavy atom. The number of carbonyl (C=O) groups is 1. The average Bonchev–Trinajstić information content (AvgIpc) is 3.19. The first-order valence-corrected chi connectivity index (χ1v) is 13.7. The molecule has 1 aromatic carbocycles. The lowest BCUT2D eigenvalue weighted by Gasteiger charge is -2.34. The van der Waals surface area contributed by atoms with E-state index in [2.05, 4.69) is 23.8 Å². The lowest BCUT2D eigenvalue weighted by atomic mass is 10.1. The number of carboxylic acid groups (broad SMARTS) is 1. The molecule has 1 saturated heterocycles. The highest BCUT2D eigenvalue weighted by molar-refractivity contribution is 7.98. The van der Waals surface area contributed by atoms with Gasteiger partial charge in [-0.25, -0.2) is 13.2 Å². The van der Waals surface area contributed by atoms with Gasteiger partial charge in [0.2, 0.25) is 15.9 Å². The molecule has 2 heterocycles. The van der Waals surface area contributed by atoms with Gasteiger partial charge in [0.25, 0.3) is 0 Å². The number of anilines is 1. The standard InChI is InChI=1S/C22H32FN3O5S2/c1-5-6-7-15-13-26(16-8-9-24(2)12-16)18-10-20(32-4)19(31-14-17(23)22(27)28)11-21(18)33(29,30)25(15)3/h10-11,14-16H,5-9,12-13H2,1-4H3,(H,27,28)/b17-14-/t15-,16-/m0/s1. The summed E-state index contributed by atoms with van der Waals surface area (Å²) >= 11 is 1.33. The zero-order valence-electron chi connectivity index (χ0n) is 19.5. The Balaban J connectivity index is 2.14. The van der Waals surface area contributed by atoms with Crippen molar-refractivity contribution in [1.29, 1.82) is 0 Å². The molecule has 0 aliphatic carbocycles. The van der Waals surface area contributed by atoms with Crippen LogP contribution in [0.3, 0.4) is 0 Å². The normalized spacial score (nSPS) is 23.9. The maximum Gasteiger partial charge on any atom is 0.368 e. The number of likely N-dealkylation sites (N-methyl/N-ethyl adjacent to an activating group) is 2. The van der Waals surface area contributed by atoms with Gasteiger partial charge in [0.15, 0.2) is 0 Å². The highest BCUT2D eigenvalue weighted by Gasteiger charge is 2.40. The molecule has 2 atom stereocenters. The van der Waals surface area contributed by atoms with E-state index in [1.807, 2.05) is 0 Å². The van der Waals surface area contributed by atoms with Crippen LogP contribution in [0, 0.1) is 0 Å². The van der Waals surface area contributed by atoms with Crippen molar-refractivity contribution in [3.8, 4) is 5.75 Å². The van der Waals surface area contributed by atoms with Gasteiger partial charge in [-0.2, -0.15) is 8.70 Å². The minimum Gasteiger partial charge on any atom is -0.476 e. The van der Waals surface area contributed by atoms with Crippen LogP contribution in [0.4, 0.5) is 10.1 Å². The first kappa shape index (κ1) is 25.8. The largest absolute Gasteiger partial charge is 0.476 e. The highest BCUT2D eigenvalue weighted by Crippen LogP contribution is 2.42. The SMILES string of the molecule is CCCC[C@H]1CN([C@H]2CCN(C)C2)c2cc(SC)c(O/C=C(\F)C(=O)O)cc2S(=O)(=O)N1C. The number of sulfonamides is 1. The van der Waals surface area contributed by atoms with E-state index in [1.165, 1.54) is 22.1 Å². The van der Waals surface area contributed by atoms with Gasteiger partial charge in [-0.05, 0) is 38.8 Å². The van der Waals surface area contributed by atoms with Crippen molar-refractivity contribution in [2.24, 2.45) is 0 Å². The van der Waals surface area contributed by atoms with Gasteiger partial charge in [0.05, 0.1) is 10.6 Å². The van der Waals surface area contributed by atoms with Gasteiger partial charge in [-0.1, -0.05) is 19.8 Å². The molecular formula is C22H32FN3O5S2. The third-order valence-corrected chi connectivity index (χ3v) is 9.02. The summed E-state index contributed by atoms with van der Waals surface area (Å²) in [7, 11) is -0.190. The van der Waals surface area contributed by atoms with Crippen molar-refractivity contribution in [3.05, 3.63) is 24.2 Å². The molecule has 1 fully saturated rings. The van der Waals surface area contributed by atoms with Gasteiger partial charge in [0, 0.05) is 38.3 Å². The van der Waals surface area contributed by atoms with Crippen molar-refractivity contribution < 1.29 is 27.4 Å². The predicted octanol–water partition coefficient (Wildman–Crippen LogP) is 3.39. The van der Waals surface area contributed by atoms with Crippen molar-refractivity contribution >= 4 is 33.4 Å². The number of nitrogens with zero attached hydrogens (tertiary/aromatic N) is 3. The Hall–Kier alpha value is -1.82. The Kier molecular flexibility index (Phi) is 8.31. The van der Waals surface area contributed by atoms with E-state index < -0.39 is 21.8 Å². The summed E-state index contributed by atoms with van der Waals surface area (Å²) in [6.07, 6.45) is 5.87. The van der Waals surface area contributed by atoms with E-state index in [0.717, 1.165) is 38.8 Å². The Morgan fingerprint density at radius 1 is 1.33 bits per heavy atom. The van der Waals surface area contributed by atoms with Crippen LogP contribution in [-0.4, -0.2) is 80.8 Å². The van der Waals surface area contributed by atoms with Crippen molar-refractivity contribution in [2.75, 3.05) is 44.9 Å².